The second kappa shape index (κ2) is 7.63. The molecule has 0 fully saturated rings. The summed E-state index contributed by atoms with van der Waals surface area (Å²) in [5, 5.41) is 0. The van der Waals surface area contributed by atoms with Gasteiger partial charge in [-0.3, -0.25) is 4.79 Å². The molecule has 0 bridgehead atoms. The Labute approximate surface area is 125 Å². The molecule has 120 valence electrons. The number of halogens is 3. The number of esters is 1. The lowest BCUT2D eigenvalue weighted by atomic mass is 9.98. The van der Waals surface area contributed by atoms with Crippen molar-refractivity contribution in [2.24, 2.45) is 0 Å². The Bertz CT molecular complexity index is 624. The van der Waals surface area contributed by atoms with Crippen LogP contribution in [0.2, 0.25) is 0 Å². The van der Waals surface area contributed by atoms with Crippen molar-refractivity contribution in [3.63, 3.8) is 0 Å². The van der Waals surface area contributed by atoms with Gasteiger partial charge in [-0.25, -0.2) is 18.0 Å². The predicted octanol–water partition coefficient (Wildman–Crippen LogP) is 3.08. The van der Waals surface area contributed by atoms with Crippen molar-refractivity contribution in [2.75, 3.05) is 13.2 Å². The summed E-state index contributed by atoms with van der Waals surface area (Å²) in [5.74, 6) is -6.22. The molecule has 0 aliphatic heterocycles. The van der Waals surface area contributed by atoms with Crippen LogP contribution in [0.15, 0.2) is 17.9 Å². The van der Waals surface area contributed by atoms with E-state index < -0.39 is 45.9 Å². The molecule has 0 amide bonds. The van der Waals surface area contributed by atoms with Gasteiger partial charge >= 0.3 is 5.97 Å². The first-order chi connectivity index (χ1) is 10.3. The third-order valence-electron chi connectivity index (χ3n) is 2.74. The van der Waals surface area contributed by atoms with Crippen LogP contribution in [0.5, 0.6) is 0 Å². The van der Waals surface area contributed by atoms with Gasteiger partial charge < -0.3 is 9.47 Å². The quantitative estimate of drug-likeness (QED) is 0.154. The zero-order valence-corrected chi connectivity index (χ0v) is 12.3. The highest BCUT2D eigenvalue weighted by Crippen LogP contribution is 2.23. The van der Waals surface area contributed by atoms with Crippen LogP contribution in [-0.2, 0) is 14.3 Å². The number of hydrogen-bond donors (Lipinski definition) is 0. The van der Waals surface area contributed by atoms with Gasteiger partial charge in [0.15, 0.2) is 11.6 Å². The highest BCUT2D eigenvalue weighted by molar-refractivity contribution is 6.24. The van der Waals surface area contributed by atoms with Gasteiger partial charge in [0, 0.05) is 11.6 Å². The zero-order valence-electron chi connectivity index (χ0n) is 12.3. The first kappa shape index (κ1) is 17.7. The first-order valence-electron chi connectivity index (χ1n) is 6.52. The molecule has 0 N–H and O–H groups in total. The molecular weight excluding hydrogens is 301 g/mol. The summed E-state index contributed by atoms with van der Waals surface area (Å²) in [6.07, 6.45) is 0.820. The smallest absolute Gasteiger partial charge is 0.345 e. The van der Waals surface area contributed by atoms with Gasteiger partial charge in [0.05, 0.1) is 18.8 Å². The van der Waals surface area contributed by atoms with Crippen LogP contribution < -0.4 is 0 Å². The Kier molecular flexibility index (Phi) is 6.15. The second-order valence-electron chi connectivity index (χ2n) is 4.19. The fraction of sp³-hybridized carbons (Fsp3) is 0.333. The lowest BCUT2D eigenvalue weighted by Crippen LogP contribution is -2.19. The molecule has 0 aliphatic carbocycles. The lowest BCUT2D eigenvalue weighted by Gasteiger charge is -2.10. The molecule has 0 radical (unpaired) electrons. The van der Waals surface area contributed by atoms with E-state index in [0.717, 1.165) is 13.2 Å². The van der Waals surface area contributed by atoms with Crippen molar-refractivity contribution in [3.8, 4) is 0 Å². The summed E-state index contributed by atoms with van der Waals surface area (Å²) in [7, 11) is 0. The summed E-state index contributed by atoms with van der Waals surface area (Å²) < 4.78 is 50.0. The van der Waals surface area contributed by atoms with E-state index in [-0.39, 0.29) is 19.3 Å². The Morgan fingerprint density at radius 1 is 1.14 bits per heavy atom. The third-order valence-corrected chi connectivity index (χ3v) is 2.74. The molecular formula is C15H15F3O4. The van der Waals surface area contributed by atoms with Gasteiger partial charge in [-0.1, -0.05) is 0 Å². The molecule has 1 rings (SSSR count). The van der Waals surface area contributed by atoms with Crippen molar-refractivity contribution in [1.29, 1.82) is 0 Å². The van der Waals surface area contributed by atoms with Crippen molar-refractivity contribution in [2.45, 2.75) is 20.8 Å². The number of ketones is 1. The van der Waals surface area contributed by atoms with Crippen molar-refractivity contribution < 1.29 is 32.2 Å². The van der Waals surface area contributed by atoms with Crippen molar-refractivity contribution in [3.05, 3.63) is 46.5 Å². The summed E-state index contributed by atoms with van der Waals surface area (Å²) in [5.41, 5.74) is -1.87. The van der Waals surface area contributed by atoms with Crippen LogP contribution >= 0.6 is 0 Å². The molecule has 1 aromatic carbocycles. The minimum atomic E-state index is -1.42. The number of carbonyl (C=O) groups is 2. The number of benzene rings is 1. The number of ether oxygens (including phenoxy) is 2. The summed E-state index contributed by atoms with van der Waals surface area (Å²) >= 11 is 0. The maximum atomic E-state index is 13.8. The minimum absolute atomic E-state index is 0.0190. The van der Waals surface area contributed by atoms with E-state index >= 15 is 0 Å². The van der Waals surface area contributed by atoms with Crippen molar-refractivity contribution in [1.82, 2.24) is 0 Å². The van der Waals surface area contributed by atoms with Crippen LogP contribution in [0.4, 0.5) is 13.2 Å². The summed E-state index contributed by atoms with van der Waals surface area (Å²) in [6, 6.07) is 0.249. The maximum Gasteiger partial charge on any atom is 0.345 e. The Morgan fingerprint density at radius 2 is 1.77 bits per heavy atom. The predicted molar refractivity (Wildman–Crippen MR) is 71.7 cm³/mol. The van der Waals surface area contributed by atoms with E-state index in [1.54, 1.807) is 6.92 Å². The Balaban J connectivity index is 3.37. The molecule has 1 aromatic rings. The molecule has 0 atom stereocenters. The molecule has 0 unspecified atom stereocenters. The number of hydrogen-bond acceptors (Lipinski definition) is 4. The first-order valence-corrected chi connectivity index (χ1v) is 6.52. The van der Waals surface area contributed by atoms with Gasteiger partial charge in [-0.2, -0.15) is 0 Å². The Morgan fingerprint density at radius 3 is 2.32 bits per heavy atom. The van der Waals surface area contributed by atoms with Crippen LogP contribution in [0, 0.1) is 24.4 Å². The van der Waals surface area contributed by atoms with E-state index in [1.807, 2.05) is 0 Å². The molecule has 0 saturated heterocycles. The lowest BCUT2D eigenvalue weighted by molar-refractivity contribution is -0.138. The molecule has 0 spiro atoms. The average molecular weight is 316 g/mol. The topological polar surface area (TPSA) is 52.6 Å². The molecule has 0 aromatic heterocycles. The molecule has 0 saturated carbocycles. The average Bonchev–Trinajstić information content (AvgIpc) is 2.45. The van der Waals surface area contributed by atoms with Gasteiger partial charge in [0.1, 0.15) is 17.7 Å². The third kappa shape index (κ3) is 3.66. The zero-order chi connectivity index (χ0) is 16.9. The highest BCUT2D eigenvalue weighted by atomic mass is 19.2. The second-order valence-corrected chi connectivity index (χ2v) is 4.19. The highest BCUT2D eigenvalue weighted by Gasteiger charge is 2.28. The van der Waals surface area contributed by atoms with Crippen LogP contribution in [-0.4, -0.2) is 25.0 Å². The van der Waals surface area contributed by atoms with Crippen LogP contribution in [0.1, 0.15) is 29.8 Å². The monoisotopic (exact) mass is 316 g/mol. The Hall–Kier alpha value is -2.31. The standard InChI is InChI=1S/C15H15F3O4/c1-4-21-7-9(15(20)22-5-2)14(19)12-8(3)13(18)11(17)6-10(12)16/h6-7H,4-5H2,1-3H3/b9-7+. The number of carbonyl (C=O) groups excluding carboxylic acids is 2. The van der Waals surface area contributed by atoms with E-state index in [0.29, 0.717) is 0 Å². The largest absolute Gasteiger partial charge is 0.500 e. The van der Waals surface area contributed by atoms with Crippen LogP contribution in [0.3, 0.4) is 0 Å². The fourth-order valence-corrected chi connectivity index (χ4v) is 1.70. The minimum Gasteiger partial charge on any atom is -0.500 e. The van der Waals surface area contributed by atoms with Gasteiger partial charge in [-0.05, 0) is 20.8 Å². The molecule has 0 aliphatic rings. The van der Waals surface area contributed by atoms with Crippen molar-refractivity contribution >= 4 is 11.8 Å². The van der Waals surface area contributed by atoms with Gasteiger partial charge in [0.25, 0.3) is 0 Å². The van der Waals surface area contributed by atoms with E-state index in [2.05, 4.69) is 4.74 Å². The van der Waals surface area contributed by atoms with E-state index in [1.165, 1.54) is 6.92 Å². The molecule has 4 nitrogen and oxygen atoms in total. The van der Waals surface area contributed by atoms with Crippen LogP contribution in [0.25, 0.3) is 0 Å². The van der Waals surface area contributed by atoms with Gasteiger partial charge in [-0.15, -0.1) is 0 Å². The molecule has 22 heavy (non-hydrogen) atoms. The molecule has 7 heteroatoms. The maximum absolute atomic E-state index is 13.8. The summed E-state index contributed by atoms with van der Waals surface area (Å²) in [6.45, 7) is 4.29. The van der Waals surface area contributed by atoms with E-state index in [4.69, 9.17) is 4.74 Å². The van der Waals surface area contributed by atoms with E-state index in [9.17, 15) is 22.8 Å². The SMILES string of the molecule is CCO/C=C(/C(=O)OCC)C(=O)c1c(F)cc(F)c(F)c1C. The molecule has 0 heterocycles. The number of rotatable bonds is 6. The number of Topliss-reactive ketones (excluding diaryl/α,β-unsaturated/α-hetero) is 1. The van der Waals surface area contributed by atoms with Gasteiger partial charge in [0.2, 0.25) is 5.78 Å². The summed E-state index contributed by atoms with van der Waals surface area (Å²) in [4.78, 5) is 24.1. The normalized spacial score (nSPS) is 11.3. The fourth-order valence-electron chi connectivity index (χ4n) is 1.70.